The molecule has 0 bridgehead atoms. The van der Waals surface area contributed by atoms with Crippen LogP contribution in [-0.4, -0.2) is 22.1 Å². The summed E-state index contributed by atoms with van der Waals surface area (Å²) in [6, 6.07) is 7.26. The summed E-state index contributed by atoms with van der Waals surface area (Å²) in [5, 5.41) is 2.27. The zero-order valence-electron chi connectivity index (χ0n) is 11.3. The predicted octanol–water partition coefficient (Wildman–Crippen LogP) is 1.80. The lowest BCUT2D eigenvalue weighted by Crippen LogP contribution is -2.32. The molecule has 0 aliphatic carbocycles. The highest BCUT2D eigenvalue weighted by atomic mass is 32.2. The first-order chi connectivity index (χ1) is 9.97. The van der Waals surface area contributed by atoms with Gasteiger partial charge in [0.15, 0.2) is 0 Å². The molecule has 0 aliphatic rings. The van der Waals surface area contributed by atoms with Crippen molar-refractivity contribution in [2.75, 3.05) is 11.5 Å². The number of nitrogen functional groups attached to an aromatic ring is 1. The molecule has 0 saturated carbocycles. The van der Waals surface area contributed by atoms with E-state index in [0.29, 0.717) is 16.3 Å². The summed E-state index contributed by atoms with van der Waals surface area (Å²) >= 11 is 1.08. The lowest BCUT2D eigenvalue weighted by Gasteiger charge is -2.07. The summed E-state index contributed by atoms with van der Waals surface area (Å²) in [4.78, 5) is 24.0. The second-order valence-electron chi connectivity index (χ2n) is 4.35. The van der Waals surface area contributed by atoms with Crippen LogP contribution in [0.1, 0.15) is 10.5 Å². The first-order valence-electron chi connectivity index (χ1n) is 6.10. The summed E-state index contributed by atoms with van der Waals surface area (Å²) in [7, 11) is 1.71. The van der Waals surface area contributed by atoms with Crippen molar-refractivity contribution in [1.29, 1.82) is 0 Å². The molecule has 0 spiro atoms. The number of anilines is 1. The average Bonchev–Trinajstić information content (AvgIpc) is 2.86. The van der Waals surface area contributed by atoms with Crippen LogP contribution in [0, 0.1) is 5.82 Å². The number of carbonyl (C=O) groups is 2. The van der Waals surface area contributed by atoms with E-state index in [-0.39, 0.29) is 5.75 Å². The number of halogens is 1. The summed E-state index contributed by atoms with van der Waals surface area (Å²) in [6.07, 6.45) is 1.71. The monoisotopic (exact) mass is 307 g/mol. The van der Waals surface area contributed by atoms with Gasteiger partial charge in [-0.05, 0) is 30.3 Å². The Morgan fingerprint density at radius 1 is 1.38 bits per heavy atom. The number of nitrogens with one attached hydrogen (secondary N) is 1. The predicted molar refractivity (Wildman–Crippen MR) is 79.4 cm³/mol. The van der Waals surface area contributed by atoms with Gasteiger partial charge in [0.2, 0.25) is 5.91 Å². The summed E-state index contributed by atoms with van der Waals surface area (Å²) < 4.78 is 14.7. The van der Waals surface area contributed by atoms with Crippen molar-refractivity contribution in [3.8, 4) is 0 Å². The van der Waals surface area contributed by atoms with Gasteiger partial charge in [-0.3, -0.25) is 14.9 Å². The Morgan fingerprint density at radius 3 is 2.81 bits per heavy atom. The number of amides is 2. The van der Waals surface area contributed by atoms with Crippen molar-refractivity contribution in [3.05, 3.63) is 48.0 Å². The Morgan fingerprint density at radius 2 is 2.14 bits per heavy atom. The topological polar surface area (TPSA) is 77.1 Å². The highest BCUT2D eigenvalue weighted by Gasteiger charge is 2.13. The van der Waals surface area contributed by atoms with Crippen LogP contribution >= 0.6 is 11.8 Å². The number of hydrogen-bond acceptors (Lipinski definition) is 4. The zero-order chi connectivity index (χ0) is 15.4. The van der Waals surface area contributed by atoms with Gasteiger partial charge in [-0.1, -0.05) is 0 Å². The van der Waals surface area contributed by atoms with E-state index in [4.69, 9.17) is 5.73 Å². The Labute approximate surface area is 125 Å². The molecule has 0 atom stereocenters. The van der Waals surface area contributed by atoms with E-state index in [1.54, 1.807) is 29.9 Å². The molecule has 7 heteroatoms. The Balaban J connectivity index is 1.92. The lowest BCUT2D eigenvalue weighted by atomic mass is 10.3. The third-order valence-electron chi connectivity index (χ3n) is 2.76. The minimum Gasteiger partial charge on any atom is -0.398 e. The number of nitrogens with two attached hydrogens (primary N) is 1. The molecule has 0 fully saturated rings. The minimum atomic E-state index is -0.472. The van der Waals surface area contributed by atoms with Crippen LogP contribution in [0.3, 0.4) is 0 Å². The number of aromatic nitrogens is 1. The molecule has 21 heavy (non-hydrogen) atoms. The molecule has 110 valence electrons. The fourth-order valence-electron chi connectivity index (χ4n) is 1.70. The quantitative estimate of drug-likeness (QED) is 0.667. The SMILES string of the molecule is Cn1cccc1C(=O)NC(=O)CSc1cc(F)ccc1N. The van der Waals surface area contributed by atoms with E-state index < -0.39 is 17.6 Å². The van der Waals surface area contributed by atoms with Gasteiger partial charge in [-0.15, -0.1) is 11.8 Å². The number of aryl methyl sites for hydroxylation is 1. The summed E-state index contributed by atoms with van der Waals surface area (Å²) in [6.45, 7) is 0. The fraction of sp³-hybridized carbons (Fsp3) is 0.143. The number of nitrogens with zero attached hydrogens (tertiary/aromatic N) is 1. The van der Waals surface area contributed by atoms with E-state index in [0.717, 1.165) is 11.8 Å². The number of hydrogen-bond donors (Lipinski definition) is 2. The van der Waals surface area contributed by atoms with E-state index in [2.05, 4.69) is 5.32 Å². The van der Waals surface area contributed by atoms with Crippen LogP contribution in [0.4, 0.5) is 10.1 Å². The largest absolute Gasteiger partial charge is 0.398 e. The number of benzene rings is 1. The van der Waals surface area contributed by atoms with Crippen LogP contribution < -0.4 is 11.1 Å². The maximum Gasteiger partial charge on any atom is 0.274 e. The normalized spacial score (nSPS) is 10.4. The Bertz CT molecular complexity index is 685. The molecule has 0 aliphatic heterocycles. The maximum atomic E-state index is 13.1. The molecular weight excluding hydrogens is 293 g/mol. The molecule has 3 N–H and O–H groups in total. The van der Waals surface area contributed by atoms with Gasteiger partial charge < -0.3 is 10.3 Å². The van der Waals surface area contributed by atoms with Crippen molar-refractivity contribution in [2.24, 2.45) is 7.05 Å². The zero-order valence-corrected chi connectivity index (χ0v) is 12.1. The third kappa shape index (κ3) is 3.85. The lowest BCUT2D eigenvalue weighted by molar-refractivity contribution is -0.117. The minimum absolute atomic E-state index is 0.0240. The van der Waals surface area contributed by atoms with Gasteiger partial charge in [0.1, 0.15) is 11.5 Å². The Kier molecular flexibility index (Phi) is 4.64. The van der Waals surface area contributed by atoms with Gasteiger partial charge in [-0.25, -0.2) is 4.39 Å². The van der Waals surface area contributed by atoms with Crippen LogP contribution in [0.2, 0.25) is 0 Å². The highest BCUT2D eigenvalue weighted by molar-refractivity contribution is 8.00. The molecule has 0 saturated heterocycles. The molecule has 1 heterocycles. The molecule has 0 unspecified atom stereocenters. The van der Waals surface area contributed by atoms with Crippen molar-refractivity contribution in [1.82, 2.24) is 9.88 Å². The van der Waals surface area contributed by atoms with Crippen molar-refractivity contribution >= 4 is 29.3 Å². The van der Waals surface area contributed by atoms with Crippen molar-refractivity contribution < 1.29 is 14.0 Å². The van der Waals surface area contributed by atoms with Crippen molar-refractivity contribution in [3.63, 3.8) is 0 Å². The van der Waals surface area contributed by atoms with Gasteiger partial charge in [0.25, 0.3) is 5.91 Å². The Hall–Kier alpha value is -2.28. The van der Waals surface area contributed by atoms with Gasteiger partial charge in [-0.2, -0.15) is 0 Å². The molecule has 2 rings (SSSR count). The van der Waals surface area contributed by atoms with Gasteiger partial charge >= 0.3 is 0 Å². The van der Waals surface area contributed by atoms with E-state index >= 15 is 0 Å². The molecule has 2 aromatic rings. The third-order valence-corrected chi connectivity index (χ3v) is 3.83. The second-order valence-corrected chi connectivity index (χ2v) is 5.37. The second kappa shape index (κ2) is 6.45. The molecule has 2 amide bonds. The molecule has 0 radical (unpaired) electrons. The molecule has 1 aromatic carbocycles. The van der Waals surface area contributed by atoms with E-state index in [1.807, 2.05) is 0 Å². The summed E-state index contributed by atoms with van der Waals surface area (Å²) in [5.74, 6) is -1.38. The number of imide groups is 1. The molecule has 5 nitrogen and oxygen atoms in total. The van der Waals surface area contributed by atoms with Crippen LogP contribution in [0.25, 0.3) is 0 Å². The number of carbonyl (C=O) groups excluding carboxylic acids is 2. The first kappa shape index (κ1) is 15.1. The number of thioether (sulfide) groups is 1. The van der Waals surface area contributed by atoms with Crippen LogP contribution in [0.15, 0.2) is 41.4 Å². The smallest absolute Gasteiger partial charge is 0.274 e. The molecule has 1 aromatic heterocycles. The fourth-order valence-corrected chi connectivity index (χ4v) is 2.49. The van der Waals surface area contributed by atoms with Gasteiger partial charge in [0.05, 0.1) is 5.75 Å². The van der Waals surface area contributed by atoms with Gasteiger partial charge in [0, 0.05) is 23.8 Å². The van der Waals surface area contributed by atoms with Crippen LogP contribution in [-0.2, 0) is 11.8 Å². The van der Waals surface area contributed by atoms with Crippen LogP contribution in [0.5, 0.6) is 0 Å². The summed E-state index contributed by atoms with van der Waals surface area (Å²) in [5.41, 5.74) is 6.46. The maximum absolute atomic E-state index is 13.1. The highest BCUT2D eigenvalue weighted by Crippen LogP contribution is 2.25. The molecular formula is C14H14FN3O2S. The standard InChI is InChI=1S/C14H14FN3O2S/c1-18-6-2-3-11(18)14(20)17-13(19)8-21-12-7-9(15)4-5-10(12)16/h2-7H,8,16H2,1H3,(H,17,19,20). The van der Waals surface area contributed by atoms with Crippen molar-refractivity contribution in [2.45, 2.75) is 4.90 Å². The first-order valence-corrected chi connectivity index (χ1v) is 7.09. The van der Waals surface area contributed by atoms with E-state index in [9.17, 15) is 14.0 Å². The average molecular weight is 307 g/mol. The van der Waals surface area contributed by atoms with E-state index in [1.165, 1.54) is 18.2 Å². The number of rotatable bonds is 4.